The van der Waals surface area contributed by atoms with Crippen LogP contribution in [0.4, 0.5) is 24.5 Å². The van der Waals surface area contributed by atoms with Crippen molar-refractivity contribution in [2.24, 2.45) is 9.98 Å². The molecular formula is C25H31F3N4O4. The third kappa shape index (κ3) is 6.88. The second-order valence-electron chi connectivity index (χ2n) is 8.11. The highest BCUT2D eigenvalue weighted by molar-refractivity contribution is 6.04. The van der Waals surface area contributed by atoms with E-state index in [1.807, 2.05) is 0 Å². The van der Waals surface area contributed by atoms with Crippen molar-refractivity contribution in [3.8, 4) is 11.5 Å². The number of nitrogens with two attached hydrogens (primary N) is 1. The normalized spacial score (nSPS) is 15.6. The van der Waals surface area contributed by atoms with Crippen LogP contribution >= 0.6 is 0 Å². The van der Waals surface area contributed by atoms with Gasteiger partial charge in [0.15, 0.2) is 11.5 Å². The van der Waals surface area contributed by atoms with E-state index in [1.165, 1.54) is 13.2 Å². The van der Waals surface area contributed by atoms with Gasteiger partial charge in [-0.15, -0.1) is 0 Å². The molecule has 1 aliphatic heterocycles. The lowest BCUT2D eigenvalue weighted by atomic mass is 10.0. The number of anilines is 1. The van der Waals surface area contributed by atoms with Crippen molar-refractivity contribution in [3.05, 3.63) is 47.0 Å². The summed E-state index contributed by atoms with van der Waals surface area (Å²) >= 11 is 0. The standard InChI is InChI=1S/C25H31F3N4O4/c1-5-31-21-12-22(33-4)23(36-7-6-35-19-13-34-14-19)11-20(21)24(30-3)32-15(2)16-8-17(25(26,27)28)10-18(29)9-16/h5,8-12,15,19H,6-7,13-14,29H2,1-4H3,(H,30,32)/t15-/m1/s1. The Morgan fingerprint density at radius 1 is 1.19 bits per heavy atom. The Hall–Kier alpha value is -3.31. The summed E-state index contributed by atoms with van der Waals surface area (Å²) in [5.74, 6) is 1.34. The van der Waals surface area contributed by atoms with Crippen LogP contribution in [0, 0.1) is 0 Å². The molecule has 1 fully saturated rings. The van der Waals surface area contributed by atoms with Gasteiger partial charge in [0.25, 0.3) is 0 Å². The molecule has 0 aliphatic carbocycles. The molecule has 0 saturated carbocycles. The molecule has 3 rings (SSSR count). The van der Waals surface area contributed by atoms with Crippen LogP contribution in [-0.4, -0.2) is 58.7 Å². The predicted molar refractivity (Wildman–Crippen MR) is 133 cm³/mol. The number of ether oxygens (including phenoxy) is 4. The first-order chi connectivity index (χ1) is 17.2. The van der Waals surface area contributed by atoms with Gasteiger partial charge in [0.1, 0.15) is 18.5 Å². The molecule has 1 heterocycles. The van der Waals surface area contributed by atoms with Crippen LogP contribution in [0.1, 0.15) is 36.6 Å². The molecular weight excluding hydrogens is 477 g/mol. The maximum atomic E-state index is 13.3. The third-order valence-electron chi connectivity index (χ3n) is 5.49. The number of aliphatic imine (C=N–C) groups is 2. The monoisotopic (exact) mass is 508 g/mol. The minimum atomic E-state index is -4.51. The van der Waals surface area contributed by atoms with E-state index in [0.29, 0.717) is 54.0 Å². The van der Waals surface area contributed by atoms with Crippen LogP contribution in [0.25, 0.3) is 0 Å². The van der Waals surface area contributed by atoms with E-state index in [4.69, 9.17) is 24.7 Å². The fourth-order valence-corrected chi connectivity index (χ4v) is 3.58. The van der Waals surface area contributed by atoms with Crippen molar-refractivity contribution in [3.63, 3.8) is 0 Å². The highest BCUT2D eigenvalue weighted by Gasteiger charge is 2.31. The third-order valence-corrected chi connectivity index (χ3v) is 5.49. The summed E-state index contributed by atoms with van der Waals surface area (Å²) in [7, 11) is 3.10. The number of hydrogen-bond donors (Lipinski definition) is 2. The summed E-state index contributed by atoms with van der Waals surface area (Å²) in [4.78, 5) is 8.75. The molecule has 2 aromatic carbocycles. The summed E-state index contributed by atoms with van der Waals surface area (Å²) in [6.45, 7) is 5.32. The van der Waals surface area contributed by atoms with E-state index < -0.39 is 17.8 Å². The first-order valence-electron chi connectivity index (χ1n) is 11.4. The zero-order valence-electron chi connectivity index (χ0n) is 20.7. The molecule has 3 N–H and O–H groups in total. The maximum absolute atomic E-state index is 13.3. The van der Waals surface area contributed by atoms with Gasteiger partial charge in [0.05, 0.1) is 44.2 Å². The molecule has 1 saturated heterocycles. The zero-order chi connectivity index (χ0) is 26.3. The van der Waals surface area contributed by atoms with Gasteiger partial charge >= 0.3 is 6.18 Å². The van der Waals surface area contributed by atoms with Gasteiger partial charge in [-0.3, -0.25) is 9.98 Å². The van der Waals surface area contributed by atoms with Gasteiger partial charge in [0, 0.05) is 30.6 Å². The van der Waals surface area contributed by atoms with Gasteiger partial charge < -0.3 is 30.0 Å². The minimum absolute atomic E-state index is 0.0237. The molecule has 11 heteroatoms. The van der Waals surface area contributed by atoms with E-state index >= 15 is 0 Å². The number of methoxy groups -OCH3 is 1. The molecule has 0 bridgehead atoms. The number of nitrogens with zero attached hydrogens (tertiary/aromatic N) is 2. The second kappa shape index (κ2) is 12.1. The van der Waals surface area contributed by atoms with Crippen molar-refractivity contribution in [1.82, 2.24) is 5.32 Å². The summed E-state index contributed by atoms with van der Waals surface area (Å²) in [5.41, 5.74) is 6.47. The fraction of sp³-hybridized carbons (Fsp3) is 0.440. The predicted octanol–water partition coefficient (Wildman–Crippen LogP) is 4.54. The van der Waals surface area contributed by atoms with Gasteiger partial charge in [0.2, 0.25) is 0 Å². The number of rotatable bonds is 10. The number of amidine groups is 1. The van der Waals surface area contributed by atoms with E-state index in [-0.39, 0.29) is 18.4 Å². The van der Waals surface area contributed by atoms with Crippen LogP contribution in [0.2, 0.25) is 0 Å². The van der Waals surface area contributed by atoms with Crippen molar-refractivity contribution < 1.29 is 32.1 Å². The SMILES string of the molecule is CC=Nc1cc(OC)c(OCCOC2COC2)cc1C(=NC)N[C@H](C)c1cc(N)cc(C(F)(F)F)c1. The summed E-state index contributed by atoms with van der Waals surface area (Å²) < 4.78 is 62.0. The molecule has 196 valence electrons. The van der Waals surface area contributed by atoms with E-state index in [1.54, 1.807) is 39.2 Å². The summed E-state index contributed by atoms with van der Waals surface area (Å²) in [5, 5.41) is 3.18. The molecule has 8 nitrogen and oxygen atoms in total. The lowest BCUT2D eigenvalue weighted by molar-refractivity contribution is -0.137. The quantitative estimate of drug-likeness (QED) is 0.212. The number of alkyl halides is 3. The Bertz CT molecular complexity index is 1100. The Balaban J connectivity index is 1.86. The molecule has 0 spiro atoms. The zero-order valence-corrected chi connectivity index (χ0v) is 20.7. The van der Waals surface area contributed by atoms with Crippen molar-refractivity contribution in [1.29, 1.82) is 0 Å². The number of benzene rings is 2. The van der Waals surface area contributed by atoms with Gasteiger partial charge in [-0.25, -0.2) is 0 Å². The van der Waals surface area contributed by atoms with Crippen LogP contribution in [-0.2, 0) is 15.7 Å². The molecule has 0 amide bonds. The number of hydrogen-bond acceptors (Lipinski definition) is 7. The second-order valence-corrected chi connectivity index (χ2v) is 8.11. The Labute approximate surface area is 208 Å². The highest BCUT2D eigenvalue weighted by atomic mass is 19.4. The smallest absolute Gasteiger partial charge is 0.416 e. The first-order valence-corrected chi connectivity index (χ1v) is 11.4. The molecule has 1 aliphatic rings. The lowest BCUT2D eigenvalue weighted by Gasteiger charge is -2.26. The van der Waals surface area contributed by atoms with E-state index in [0.717, 1.165) is 12.1 Å². The lowest BCUT2D eigenvalue weighted by Crippen LogP contribution is -2.37. The summed E-state index contributed by atoms with van der Waals surface area (Å²) in [6.07, 6.45) is -2.80. The highest BCUT2D eigenvalue weighted by Crippen LogP contribution is 2.36. The molecule has 0 aromatic heterocycles. The van der Waals surface area contributed by atoms with Crippen molar-refractivity contribution in [2.75, 3.05) is 46.3 Å². The van der Waals surface area contributed by atoms with Crippen LogP contribution in [0.3, 0.4) is 0 Å². The maximum Gasteiger partial charge on any atom is 0.416 e. The van der Waals surface area contributed by atoms with Crippen molar-refractivity contribution in [2.45, 2.75) is 32.2 Å². The summed E-state index contributed by atoms with van der Waals surface area (Å²) in [6, 6.07) is 6.38. The molecule has 0 radical (unpaired) electrons. The average Bonchev–Trinajstić information content (AvgIpc) is 2.80. The Kier molecular flexibility index (Phi) is 9.16. The molecule has 2 aromatic rings. The Morgan fingerprint density at radius 2 is 1.94 bits per heavy atom. The van der Waals surface area contributed by atoms with Gasteiger partial charge in [-0.1, -0.05) is 0 Å². The van der Waals surface area contributed by atoms with Gasteiger partial charge in [-0.2, -0.15) is 13.2 Å². The number of nitrogen functional groups attached to an aromatic ring is 1. The number of nitrogens with one attached hydrogen (secondary N) is 1. The topological polar surface area (TPSA) is 99.7 Å². The van der Waals surface area contributed by atoms with E-state index in [9.17, 15) is 13.2 Å². The Morgan fingerprint density at radius 3 is 2.53 bits per heavy atom. The van der Waals surface area contributed by atoms with Crippen LogP contribution in [0.5, 0.6) is 11.5 Å². The molecule has 36 heavy (non-hydrogen) atoms. The van der Waals surface area contributed by atoms with Gasteiger partial charge in [-0.05, 0) is 43.7 Å². The largest absolute Gasteiger partial charge is 0.493 e. The number of halogens is 3. The van der Waals surface area contributed by atoms with Crippen molar-refractivity contribution >= 4 is 23.4 Å². The molecule has 0 unspecified atom stereocenters. The van der Waals surface area contributed by atoms with Crippen LogP contribution < -0.4 is 20.5 Å². The minimum Gasteiger partial charge on any atom is -0.493 e. The van der Waals surface area contributed by atoms with Crippen LogP contribution in [0.15, 0.2) is 40.3 Å². The molecule has 1 atom stereocenters. The first kappa shape index (κ1) is 27.3. The van der Waals surface area contributed by atoms with E-state index in [2.05, 4.69) is 15.3 Å². The fourth-order valence-electron chi connectivity index (χ4n) is 3.58. The average molecular weight is 509 g/mol.